The Bertz CT molecular complexity index is 557. The van der Waals surface area contributed by atoms with Crippen LogP contribution in [0.4, 0.5) is 5.69 Å². The number of hydrogen-bond donors (Lipinski definition) is 0. The lowest BCUT2D eigenvalue weighted by Gasteiger charge is -2.27. The zero-order chi connectivity index (χ0) is 15.3. The number of nitrogens with zero attached hydrogens (tertiary/aromatic N) is 2. The van der Waals surface area contributed by atoms with E-state index < -0.39 is 0 Å². The molecule has 110 valence electrons. The lowest BCUT2D eigenvalue weighted by atomic mass is 9.75. The Morgan fingerprint density at radius 1 is 1.15 bits per heavy atom. The van der Waals surface area contributed by atoms with Crippen molar-refractivity contribution in [2.24, 2.45) is 11.0 Å². The summed E-state index contributed by atoms with van der Waals surface area (Å²) in [5.74, 6) is 0.378. The van der Waals surface area contributed by atoms with Crippen molar-refractivity contribution in [1.29, 1.82) is 0 Å². The second kappa shape index (κ2) is 5.15. The molecule has 2 rings (SSSR count). The Hall–Kier alpha value is -0.310. The Balaban J connectivity index is 2.68. The van der Waals surface area contributed by atoms with E-state index in [1.807, 2.05) is 4.70 Å². The molecule has 0 spiro atoms. The van der Waals surface area contributed by atoms with Crippen LogP contribution in [0.5, 0.6) is 0 Å². The quantitative estimate of drug-likeness (QED) is 0.561. The molecule has 2 nitrogen and oxygen atoms in total. The van der Waals surface area contributed by atoms with Gasteiger partial charge >= 0.3 is 0 Å². The monoisotopic (exact) mass is 333 g/mol. The molecule has 0 saturated carbocycles. The van der Waals surface area contributed by atoms with Gasteiger partial charge in [-0.3, -0.25) is 0 Å². The van der Waals surface area contributed by atoms with Crippen LogP contribution in [0.1, 0.15) is 41.0 Å². The normalized spacial score (nSPS) is 28.6. The third-order valence-electron chi connectivity index (χ3n) is 4.74. The van der Waals surface area contributed by atoms with E-state index in [1.54, 1.807) is 12.1 Å². The Morgan fingerprint density at radius 3 is 2.10 bits per heavy atom. The molecule has 0 aromatic heterocycles. The molecule has 20 heavy (non-hydrogen) atoms. The van der Waals surface area contributed by atoms with Crippen molar-refractivity contribution >= 4 is 40.5 Å². The van der Waals surface area contributed by atoms with Gasteiger partial charge in [0.05, 0.1) is 5.92 Å². The van der Waals surface area contributed by atoms with Gasteiger partial charge in [-0.25, -0.2) is 0 Å². The van der Waals surface area contributed by atoms with Crippen LogP contribution >= 0.6 is 34.8 Å². The van der Waals surface area contributed by atoms with Crippen molar-refractivity contribution in [1.82, 2.24) is 0 Å². The van der Waals surface area contributed by atoms with Crippen LogP contribution in [-0.2, 0) is 0 Å². The summed E-state index contributed by atoms with van der Waals surface area (Å²) < 4.78 is 2.00. The highest BCUT2D eigenvalue weighted by molar-refractivity contribution is 6.41. The maximum absolute atomic E-state index is 6.37. The first-order chi connectivity index (χ1) is 9.13. The third-order valence-corrected chi connectivity index (χ3v) is 5.54. The van der Waals surface area contributed by atoms with Gasteiger partial charge in [-0.15, -0.1) is 0 Å². The van der Waals surface area contributed by atoms with Crippen LogP contribution in [0.25, 0.3) is 0 Å². The van der Waals surface area contributed by atoms with Gasteiger partial charge in [0.1, 0.15) is 15.6 Å². The van der Waals surface area contributed by atoms with Crippen molar-refractivity contribution in [3.8, 4) is 0 Å². The largest absolute Gasteiger partial charge is 0.269 e. The average molecular weight is 335 g/mol. The predicted molar refractivity (Wildman–Crippen MR) is 85.8 cm³/mol. The fraction of sp³-hybridized carbons (Fsp3) is 0.600. The summed E-state index contributed by atoms with van der Waals surface area (Å²) in [5, 5.41) is 6.48. The fourth-order valence-electron chi connectivity index (χ4n) is 2.90. The molecule has 0 amide bonds. The van der Waals surface area contributed by atoms with Crippen LogP contribution in [0, 0.1) is 5.92 Å². The van der Waals surface area contributed by atoms with E-state index in [4.69, 9.17) is 39.9 Å². The molecule has 2 atom stereocenters. The minimum Gasteiger partial charge on any atom is -0.0842 e. The van der Waals surface area contributed by atoms with Gasteiger partial charge in [-0.2, -0.15) is 0 Å². The molecule has 1 aliphatic rings. The van der Waals surface area contributed by atoms with Gasteiger partial charge in [0.2, 0.25) is 0 Å². The summed E-state index contributed by atoms with van der Waals surface area (Å²) >= 11 is 18.7. The SMILES string of the molecule is CC[C@@]1(C)[C@@H](C)C(C)(C)N=[N+]1c1c(Cl)cc(Cl)cc1Cl. The molecular formula is C15H20Cl3N2+. The van der Waals surface area contributed by atoms with Crippen molar-refractivity contribution in [2.75, 3.05) is 0 Å². The van der Waals surface area contributed by atoms with E-state index in [1.165, 1.54) is 0 Å². The summed E-state index contributed by atoms with van der Waals surface area (Å²) in [6.07, 6.45) is 0.955. The number of benzene rings is 1. The number of hydrogen-bond acceptors (Lipinski definition) is 1. The second-order valence-corrected chi connectivity index (χ2v) is 7.47. The number of halogens is 3. The van der Waals surface area contributed by atoms with Gasteiger partial charge in [0, 0.05) is 18.4 Å². The van der Waals surface area contributed by atoms with E-state index in [9.17, 15) is 0 Å². The maximum atomic E-state index is 6.37. The molecule has 1 aromatic rings. The molecule has 0 unspecified atom stereocenters. The topological polar surface area (TPSA) is 15.4 Å². The molecule has 1 heterocycles. The van der Waals surface area contributed by atoms with E-state index in [-0.39, 0.29) is 11.1 Å². The smallest absolute Gasteiger partial charge is 0.0842 e. The lowest BCUT2D eigenvalue weighted by molar-refractivity contribution is -0.583. The van der Waals surface area contributed by atoms with Gasteiger partial charge in [-0.05, 0) is 31.1 Å². The molecule has 5 heteroatoms. The van der Waals surface area contributed by atoms with Crippen LogP contribution in [0.15, 0.2) is 17.2 Å². The lowest BCUT2D eigenvalue weighted by Crippen LogP contribution is -2.42. The summed E-state index contributed by atoms with van der Waals surface area (Å²) in [4.78, 5) is 0. The van der Waals surface area contributed by atoms with Crippen LogP contribution < -0.4 is 0 Å². The van der Waals surface area contributed by atoms with Gasteiger partial charge in [0.15, 0.2) is 5.54 Å². The third kappa shape index (κ3) is 2.36. The first-order valence-electron chi connectivity index (χ1n) is 6.81. The standard InChI is InChI=1S/C15H20Cl3N2/c1-6-15(5)9(2)14(3,4)19-20(15)13-11(17)7-10(16)8-12(13)18/h7-9H,6H2,1-5H3/q+1/t9-,15-/m0/s1. The summed E-state index contributed by atoms with van der Waals surface area (Å²) in [5.41, 5.74) is 0.473. The zero-order valence-electron chi connectivity index (χ0n) is 12.5. The molecular weight excluding hydrogens is 315 g/mol. The van der Waals surface area contributed by atoms with Gasteiger partial charge < -0.3 is 0 Å². The fourth-order valence-corrected chi connectivity index (χ4v) is 3.88. The summed E-state index contributed by atoms with van der Waals surface area (Å²) in [6.45, 7) is 10.9. The van der Waals surface area contributed by atoms with Crippen LogP contribution in [0.2, 0.25) is 15.1 Å². The molecule has 1 aliphatic heterocycles. The molecule has 0 N–H and O–H groups in total. The Kier molecular flexibility index (Phi) is 4.14. The first kappa shape index (κ1) is 16.1. The van der Waals surface area contributed by atoms with E-state index >= 15 is 0 Å². The van der Waals surface area contributed by atoms with Crippen molar-refractivity contribution in [3.63, 3.8) is 0 Å². The average Bonchev–Trinajstić information content (AvgIpc) is 2.50. The predicted octanol–water partition coefficient (Wildman–Crippen LogP) is 6.34. The highest BCUT2D eigenvalue weighted by Gasteiger charge is 2.58. The molecule has 0 aliphatic carbocycles. The van der Waals surface area contributed by atoms with E-state index in [2.05, 4.69) is 34.6 Å². The van der Waals surface area contributed by atoms with Crippen LogP contribution in [-0.4, -0.2) is 15.8 Å². The van der Waals surface area contributed by atoms with Crippen molar-refractivity contribution < 1.29 is 4.70 Å². The summed E-state index contributed by atoms with van der Waals surface area (Å²) in [6, 6.07) is 3.43. The molecule has 0 radical (unpaired) electrons. The number of rotatable bonds is 2. The zero-order valence-corrected chi connectivity index (χ0v) is 14.7. The second-order valence-electron chi connectivity index (χ2n) is 6.22. The molecule has 1 aromatic carbocycles. The minimum absolute atomic E-state index is 0.120. The van der Waals surface area contributed by atoms with Gasteiger partial charge in [-0.1, -0.05) is 53.3 Å². The summed E-state index contributed by atoms with van der Waals surface area (Å²) in [7, 11) is 0. The molecule has 0 bridgehead atoms. The Labute approximate surface area is 135 Å². The molecule has 0 fully saturated rings. The highest BCUT2D eigenvalue weighted by Crippen LogP contribution is 2.49. The number of azo groups is 2. The first-order valence-corrected chi connectivity index (χ1v) is 7.94. The van der Waals surface area contributed by atoms with E-state index in [0.29, 0.717) is 21.0 Å². The Morgan fingerprint density at radius 2 is 1.65 bits per heavy atom. The molecule has 0 saturated heterocycles. The van der Waals surface area contributed by atoms with Gasteiger partial charge in [0.25, 0.3) is 5.69 Å². The maximum Gasteiger partial charge on any atom is 0.269 e. The van der Waals surface area contributed by atoms with E-state index in [0.717, 1.165) is 12.1 Å². The highest BCUT2D eigenvalue weighted by atomic mass is 35.5. The van der Waals surface area contributed by atoms with Crippen LogP contribution in [0.3, 0.4) is 0 Å². The van der Waals surface area contributed by atoms with Crippen molar-refractivity contribution in [2.45, 2.75) is 52.1 Å². The minimum atomic E-state index is -0.156. The van der Waals surface area contributed by atoms with Crippen molar-refractivity contribution in [3.05, 3.63) is 27.2 Å².